The summed E-state index contributed by atoms with van der Waals surface area (Å²) in [4.78, 5) is 33.6. The number of carbonyl (C=O) groups is 2. The molecule has 2 amide bonds. The number of imidazole rings is 1. The lowest BCUT2D eigenvalue weighted by Gasteiger charge is -2.39. The van der Waals surface area contributed by atoms with Crippen molar-refractivity contribution in [3.63, 3.8) is 0 Å². The molecular weight excluding hydrogens is 330 g/mol. The molecule has 1 atom stereocenters. The molecule has 144 valence electrons. The number of nitrogens with one attached hydrogen (secondary N) is 1. The van der Waals surface area contributed by atoms with E-state index in [1.807, 2.05) is 17.3 Å². The van der Waals surface area contributed by atoms with Gasteiger partial charge in [0, 0.05) is 57.1 Å². The SMILES string of the molecule is CCn1ccnc1C1CCN(C(=O)C[C@H]2C(=O)NCCN2C(C)C)CC1. The van der Waals surface area contributed by atoms with Crippen LogP contribution in [0.1, 0.15) is 51.8 Å². The summed E-state index contributed by atoms with van der Waals surface area (Å²) in [6, 6.07) is -0.0783. The van der Waals surface area contributed by atoms with Crippen LogP contribution < -0.4 is 5.32 Å². The molecule has 7 heteroatoms. The van der Waals surface area contributed by atoms with E-state index in [1.165, 1.54) is 0 Å². The van der Waals surface area contributed by atoms with Crippen molar-refractivity contribution in [2.24, 2.45) is 0 Å². The van der Waals surface area contributed by atoms with E-state index < -0.39 is 0 Å². The van der Waals surface area contributed by atoms with Crippen molar-refractivity contribution in [2.45, 2.75) is 64.6 Å². The maximum absolute atomic E-state index is 12.8. The molecule has 2 aliphatic rings. The molecule has 26 heavy (non-hydrogen) atoms. The highest BCUT2D eigenvalue weighted by Crippen LogP contribution is 2.27. The lowest BCUT2D eigenvalue weighted by atomic mass is 9.95. The van der Waals surface area contributed by atoms with Gasteiger partial charge in [-0.15, -0.1) is 0 Å². The van der Waals surface area contributed by atoms with Crippen LogP contribution >= 0.6 is 0 Å². The summed E-state index contributed by atoms with van der Waals surface area (Å²) in [5.74, 6) is 1.63. The van der Waals surface area contributed by atoms with Crippen LogP contribution in [0, 0.1) is 0 Å². The first-order valence-corrected chi connectivity index (χ1v) is 9.83. The standard InChI is InChI=1S/C19H31N5O2/c1-4-22-11-7-20-18(22)15-5-9-23(10-6-15)17(25)13-16-19(26)21-8-12-24(16)14(2)3/h7,11,14-16H,4-6,8-10,12-13H2,1-3H3,(H,21,26)/t16-/m0/s1. The Kier molecular flexibility index (Phi) is 5.96. The number of aromatic nitrogens is 2. The minimum absolute atomic E-state index is 0.0156. The third-order valence-electron chi connectivity index (χ3n) is 5.70. The van der Waals surface area contributed by atoms with Gasteiger partial charge in [-0.3, -0.25) is 14.5 Å². The van der Waals surface area contributed by atoms with Crippen molar-refractivity contribution in [3.05, 3.63) is 18.2 Å². The molecule has 0 radical (unpaired) electrons. The van der Waals surface area contributed by atoms with Gasteiger partial charge in [0.15, 0.2) is 0 Å². The van der Waals surface area contributed by atoms with Crippen molar-refractivity contribution in [1.29, 1.82) is 0 Å². The second-order valence-electron chi connectivity index (χ2n) is 7.57. The molecule has 0 unspecified atom stereocenters. The number of likely N-dealkylation sites (tertiary alicyclic amines) is 1. The van der Waals surface area contributed by atoms with Gasteiger partial charge in [0.25, 0.3) is 0 Å². The fourth-order valence-corrected chi connectivity index (χ4v) is 4.19. The summed E-state index contributed by atoms with van der Waals surface area (Å²) in [5.41, 5.74) is 0. The van der Waals surface area contributed by atoms with E-state index >= 15 is 0 Å². The number of rotatable bonds is 5. The van der Waals surface area contributed by atoms with E-state index in [0.29, 0.717) is 12.5 Å². The van der Waals surface area contributed by atoms with Gasteiger partial charge in [0.2, 0.25) is 11.8 Å². The van der Waals surface area contributed by atoms with Crippen molar-refractivity contribution in [1.82, 2.24) is 24.7 Å². The summed E-state index contributed by atoms with van der Waals surface area (Å²) < 4.78 is 2.19. The van der Waals surface area contributed by atoms with Gasteiger partial charge >= 0.3 is 0 Å². The quantitative estimate of drug-likeness (QED) is 0.856. The van der Waals surface area contributed by atoms with Crippen LogP contribution in [0.4, 0.5) is 0 Å². The average molecular weight is 361 g/mol. The topological polar surface area (TPSA) is 70.5 Å². The molecule has 3 heterocycles. The van der Waals surface area contributed by atoms with Crippen molar-refractivity contribution in [2.75, 3.05) is 26.2 Å². The lowest BCUT2D eigenvalue weighted by Crippen LogP contribution is -2.58. The highest BCUT2D eigenvalue weighted by atomic mass is 16.2. The van der Waals surface area contributed by atoms with E-state index in [-0.39, 0.29) is 30.3 Å². The number of piperidine rings is 1. The molecule has 2 saturated heterocycles. The smallest absolute Gasteiger partial charge is 0.237 e. The van der Waals surface area contributed by atoms with Crippen molar-refractivity contribution in [3.8, 4) is 0 Å². The number of piperazine rings is 1. The Morgan fingerprint density at radius 1 is 1.31 bits per heavy atom. The summed E-state index contributed by atoms with van der Waals surface area (Å²) >= 11 is 0. The summed E-state index contributed by atoms with van der Waals surface area (Å²) in [6.07, 6.45) is 6.03. The molecule has 0 saturated carbocycles. The van der Waals surface area contributed by atoms with E-state index in [0.717, 1.165) is 44.8 Å². The predicted octanol–water partition coefficient (Wildman–Crippen LogP) is 1.21. The molecular formula is C19H31N5O2. The van der Waals surface area contributed by atoms with Crippen LogP contribution in [0.25, 0.3) is 0 Å². The third kappa shape index (κ3) is 3.92. The minimum atomic E-state index is -0.340. The van der Waals surface area contributed by atoms with Crippen LogP contribution in [-0.4, -0.2) is 69.4 Å². The highest BCUT2D eigenvalue weighted by Gasteiger charge is 2.35. The van der Waals surface area contributed by atoms with Crippen LogP contribution in [0.2, 0.25) is 0 Å². The molecule has 0 spiro atoms. The Morgan fingerprint density at radius 2 is 2.04 bits per heavy atom. The average Bonchev–Trinajstić information content (AvgIpc) is 3.12. The molecule has 1 aromatic rings. The van der Waals surface area contributed by atoms with Gasteiger partial charge in [-0.05, 0) is 33.6 Å². The summed E-state index contributed by atoms with van der Waals surface area (Å²) in [7, 11) is 0. The molecule has 7 nitrogen and oxygen atoms in total. The Labute approximate surface area is 155 Å². The molecule has 0 bridgehead atoms. The van der Waals surface area contributed by atoms with Crippen LogP contribution in [0.5, 0.6) is 0 Å². The third-order valence-corrected chi connectivity index (χ3v) is 5.70. The molecule has 1 N–H and O–H groups in total. The predicted molar refractivity (Wildman–Crippen MR) is 99.7 cm³/mol. The zero-order chi connectivity index (χ0) is 18.7. The summed E-state index contributed by atoms with van der Waals surface area (Å²) in [5, 5.41) is 2.90. The Hall–Kier alpha value is -1.89. The molecule has 0 aromatic carbocycles. The first-order chi connectivity index (χ1) is 12.5. The van der Waals surface area contributed by atoms with Gasteiger partial charge in [0.1, 0.15) is 5.82 Å². The Bertz CT molecular complexity index is 634. The largest absolute Gasteiger partial charge is 0.353 e. The van der Waals surface area contributed by atoms with E-state index in [4.69, 9.17) is 0 Å². The molecule has 1 aromatic heterocycles. The number of nitrogens with zero attached hydrogens (tertiary/aromatic N) is 4. The highest BCUT2D eigenvalue weighted by molar-refractivity contribution is 5.89. The minimum Gasteiger partial charge on any atom is -0.353 e. The maximum Gasteiger partial charge on any atom is 0.237 e. The summed E-state index contributed by atoms with van der Waals surface area (Å²) in [6.45, 7) is 10.2. The number of carbonyl (C=O) groups excluding carboxylic acids is 2. The number of aryl methyl sites for hydroxylation is 1. The second-order valence-corrected chi connectivity index (χ2v) is 7.57. The van der Waals surface area contributed by atoms with Gasteiger partial charge in [-0.25, -0.2) is 4.98 Å². The molecule has 2 aliphatic heterocycles. The van der Waals surface area contributed by atoms with Crippen molar-refractivity contribution >= 4 is 11.8 Å². The van der Waals surface area contributed by atoms with Gasteiger partial charge in [-0.1, -0.05) is 0 Å². The fraction of sp³-hybridized carbons (Fsp3) is 0.737. The maximum atomic E-state index is 12.8. The monoisotopic (exact) mass is 361 g/mol. The number of hydrogen-bond acceptors (Lipinski definition) is 4. The Morgan fingerprint density at radius 3 is 2.69 bits per heavy atom. The second kappa shape index (κ2) is 8.20. The van der Waals surface area contributed by atoms with E-state index in [1.54, 1.807) is 0 Å². The van der Waals surface area contributed by atoms with Crippen LogP contribution in [-0.2, 0) is 16.1 Å². The van der Waals surface area contributed by atoms with E-state index in [2.05, 4.69) is 40.5 Å². The van der Waals surface area contributed by atoms with Crippen LogP contribution in [0.3, 0.4) is 0 Å². The lowest BCUT2D eigenvalue weighted by molar-refractivity contribution is -0.140. The fourth-order valence-electron chi connectivity index (χ4n) is 4.19. The van der Waals surface area contributed by atoms with Gasteiger partial charge in [0.05, 0.1) is 12.5 Å². The zero-order valence-electron chi connectivity index (χ0n) is 16.1. The number of hydrogen-bond donors (Lipinski definition) is 1. The zero-order valence-corrected chi connectivity index (χ0v) is 16.1. The Balaban J connectivity index is 1.57. The first kappa shape index (κ1) is 18.9. The van der Waals surface area contributed by atoms with Gasteiger partial charge in [-0.2, -0.15) is 0 Å². The number of amides is 2. The van der Waals surface area contributed by atoms with Crippen molar-refractivity contribution < 1.29 is 9.59 Å². The molecule has 3 rings (SSSR count). The van der Waals surface area contributed by atoms with Crippen LogP contribution in [0.15, 0.2) is 12.4 Å². The molecule has 0 aliphatic carbocycles. The van der Waals surface area contributed by atoms with Gasteiger partial charge < -0.3 is 14.8 Å². The molecule has 2 fully saturated rings. The normalized spacial score (nSPS) is 22.7. The first-order valence-electron chi connectivity index (χ1n) is 9.83. The van der Waals surface area contributed by atoms with E-state index in [9.17, 15) is 9.59 Å².